The topological polar surface area (TPSA) is 34.2 Å². The Bertz CT molecular complexity index is 583. The summed E-state index contributed by atoms with van der Waals surface area (Å²) in [5, 5.41) is 2.15. The van der Waals surface area contributed by atoms with Crippen LogP contribution in [0.1, 0.15) is 21.5 Å². The van der Waals surface area contributed by atoms with E-state index in [1.165, 1.54) is 13.3 Å². The van der Waals surface area contributed by atoms with Crippen LogP contribution in [0.2, 0.25) is 0 Å². The van der Waals surface area contributed by atoms with Crippen molar-refractivity contribution in [3.05, 3.63) is 45.9 Å². The van der Waals surface area contributed by atoms with Gasteiger partial charge in [-0.25, -0.2) is 4.98 Å². The van der Waals surface area contributed by atoms with Gasteiger partial charge < -0.3 is 10.1 Å². The quantitative estimate of drug-likeness (QED) is 0.939. The molecule has 1 unspecified atom stereocenters. The van der Waals surface area contributed by atoms with Crippen LogP contribution in [-0.2, 0) is 6.18 Å². The number of nitrogens with one attached hydrogen (secondary N) is 1. The van der Waals surface area contributed by atoms with Crippen LogP contribution in [0.4, 0.5) is 13.2 Å². The molecule has 0 aliphatic carbocycles. The molecule has 1 N–H and O–H groups in total. The largest absolute Gasteiger partial charge is 0.496 e. The maximum atomic E-state index is 12.6. The summed E-state index contributed by atoms with van der Waals surface area (Å²) in [7, 11) is 3.21. The molecular formula is C13H13F3N2OS. The molecule has 2 rings (SSSR count). The lowest BCUT2D eigenvalue weighted by Crippen LogP contribution is -2.17. The lowest BCUT2D eigenvalue weighted by Gasteiger charge is -2.17. The van der Waals surface area contributed by atoms with E-state index in [1.807, 2.05) is 18.2 Å². The van der Waals surface area contributed by atoms with Crippen molar-refractivity contribution in [2.45, 2.75) is 12.2 Å². The van der Waals surface area contributed by atoms with Crippen LogP contribution in [0, 0.1) is 0 Å². The highest BCUT2D eigenvalue weighted by Crippen LogP contribution is 2.37. The van der Waals surface area contributed by atoms with Crippen molar-refractivity contribution in [2.24, 2.45) is 0 Å². The molecule has 0 saturated carbocycles. The number of rotatable bonds is 4. The Morgan fingerprint density at radius 1 is 1.30 bits per heavy atom. The first-order valence-corrected chi connectivity index (χ1v) is 6.62. The lowest BCUT2D eigenvalue weighted by molar-refractivity contribution is -0.137. The molecule has 108 valence electrons. The molecule has 0 spiro atoms. The van der Waals surface area contributed by atoms with E-state index in [-0.39, 0.29) is 6.04 Å². The monoisotopic (exact) mass is 302 g/mol. The zero-order valence-corrected chi connectivity index (χ0v) is 11.7. The van der Waals surface area contributed by atoms with E-state index >= 15 is 0 Å². The standard InChI is InChI=1S/C13H13F3N2OS/c1-17-11(8-5-3-4-6-9(8)19-2)10-7-18-12(20-10)13(14,15)16/h3-7,11,17H,1-2H3. The van der Waals surface area contributed by atoms with Gasteiger partial charge in [-0.15, -0.1) is 11.3 Å². The number of halogens is 3. The van der Waals surface area contributed by atoms with Gasteiger partial charge in [0.15, 0.2) is 5.01 Å². The van der Waals surface area contributed by atoms with E-state index in [0.29, 0.717) is 22.0 Å². The molecule has 0 aliphatic rings. The van der Waals surface area contributed by atoms with Gasteiger partial charge in [0.2, 0.25) is 0 Å². The van der Waals surface area contributed by atoms with Crippen LogP contribution in [-0.4, -0.2) is 19.1 Å². The number of para-hydroxylation sites is 1. The number of thiazole rings is 1. The van der Waals surface area contributed by atoms with Crippen molar-refractivity contribution in [1.82, 2.24) is 10.3 Å². The molecule has 0 bridgehead atoms. The SMILES string of the molecule is CNC(c1cnc(C(F)(F)F)s1)c1ccccc1OC. The van der Waals surface area contributed by atoms with Gasteiger partial charge in [-0.3, -0.25) is 0 Å². The third kappa shape index (κ3) is 2.94. The summed E-state index contributed by atoms with van der Waals surface area (Å²) in [6, 6.07) is 6.81. The summed E-state index contributed by atoms with van der Waals surface area (Å²) in [4.78, 5) is 3.94. The molecule has 3 nitrogen and oxygen atoms in total. The molecule has 0 saturated heterocycles. The zero-order valence-electron chi connectivity index (χ0n) is 10.9. The molecule has 0 radical (unpaired) electrons. The van der Waals surface area contributed by atoms with Crippen LogP contribution in [0.5, 0.6) is 5.75 Å². The van der Waals surface area contributed by atoms with Gasteiger partial charge >= 0.3 is 6.18 Å². The number of hydrogen-bond acceptors (Lipinski definition) is 4. The van der Waals surface area contributed by atoms with Crippen molar-refractivity contribution in [2.75, 3.05) is 14.2 Å². The maximum absolute atomic E-state index is 12.6. The first-order chi connectivity index (χ1) is 9.47. The Morgan fingerprint density at radius 3 is 2.55 bits per heavy atom. The van der Waals surface area contributed by atoms with Gasteiger partial charge in [0.05, 0.1) is 13.2 Å². The average Bonchev–Trinajstić information content (AvgIpc) is 2.90. The second-order valence-electron chi connectivity index (χ2n) is 4.03. The van der Waals surface area contributed by atoms with E-state index in [1.54, 1.807) is 13.1 Å². The van der Waals surface area contributed by atoms with Crippen molar-refractivity contribution < 1.29 is 17.9 Å². The second kappa shape index (κ2) is 5.80. The molecule has 1 aromatic carbocycles. The zero-order chi connectivity index (χ0) is 14.8. The third-order valence-electron chi connectivity index (χ3n) is 2.79. The van der Waals surface area contributed by atoms with Gasteiger partial charge in [0.25, 0.3) is 0 Å². The van der Waals surface area contributed by atoms with Crippen LogP contribution in [0.25, 0.3) is 0 Å². The van der Waals surface area contributed by atoms with E-state index in [9.17, 15) is 13.2 Å². The Labute approximate surface area is 118 Å². The smallest absolute Gasteiger partial charge is 0.443 e. The number of methoxy groups -OCH3 is 1. The van der Waals surface area contributed by atoms with E-state index in [2.05, 4.69) is 10.3 Å². The number of ether oxygens (including phenoxy) is 1. The van der Waals surface area contributed by atoms with E-state index in [4.69, 9.17) is 4.74 Å². The van der Waals surface area contributed by atoms with E-state index < -0.39 is 11.2 Å². The normalized spacial score (nSPS) is 13.2. The number of aromatic nitrogens is 1. The van der Waals surface area contributed by atoms with Gasteiger partial charge in [-0.05, 0) is 13.1 Å². The highest BCUT2D eigenvalue weighted by molar-refractivity contribution is 7.11. The van der Waals surface area contributed by atoms with Gasteiger partial charge in [0.1, 0.15) is 5.75 Å². The average molecular weight is 302 g/mol. The Balaban J connectivity index is 2.40. The predicted octanol–water partition coefficient (Wildman–Crippen LogP) is 3.48. The fourth-order valence-electron chi connectivity index (χ4n) is 1.91. The fraction of sp³-hybridized carbons (Fsp3) is 0.308. The minimum Gasteiger partial charge on any atom is -0.496 e. The summed E-state index contributed by atoms with van der Waals surface area (Å²) in [5.74, 6) is 0.619. The second-order valence-corrected chi connectivity index (χ2v) is 5.09. The first-order valence-electron chi connectivity index (χ1n) is 5.80. The van der Waals surface area contributed by atoms with Crippen molar-refractivity contribution in [1.29, 1.82) is 0 Å². The Hall–Kier alpha value is -1.60. The summed E-state index contributed by atoms with van der Waals surface area (Å²) in [6.07, 6.45) is -3.16. The molecule has 1 heterocycles. The van der Waals surface area contributed by atoms with Crippen molar-refractivity contribution in [3.63, 3.8) is 0 Å². The number of hydrogen-bond donors (Lipinski definition) is 1. The Kier molecular flexibility index (Phi) is 4.29. The van der Waals surface area contributed by atoms with Gasteiger partial charge in [-0.1, -0.05) is 18.2 Å². The first kappa shape index (κ1) is 14.8. The molecule has 0 amide bonds. The molecule has 0 fully saturated rings. The molecule has 0 aliphatic heterocycles. The minimum atomic E-state index is -4.41. The highest BCUT2D eigenvalue weighted by Gasteiger charge is 2.35. The van der Waals surface area contributed by atoms with Crippen LogP contribution in [0.3, 0.4) is 0 Å². The van der Waals surface area contributed by atoms with Crippen LogP contribution < -0.4 is 10.1 Å². The number of alkyl halides is 3. The minimum absolute atomic E-state index is 0.389. The maximum Gasteiger partial charge on any atom is 0.443 e. The molecule has 7 heteroatoms. The predicted molar refractivity (Wildman–Crippen MR) is 71.0 cm³/mol. The number of benzene rings is 1. The fourth-order valence-corrected chi connectivity index (χ4v) is 2.82. The third-order valence-corrected chi connectivity index (χ3v) is 3.90. The van der Waals surface area contributed by atoms with E-state index in [0.717, 1.165) is 5.56 Å². The highest BCUT2D eigenvalue weighted by atomic mass is 32.1. The molecule has 20 heavy (non-hydrogen) atoms. The molecular weight excluding hydrogens is 289 g/mol. The lowest BCUT2D eigenvalue weighted by atomic mass is 10.1. The summed E-state index contributed by atoms with van der Waals surface area (Å²) in [5.41, 5.74) is 0.773. The van der Waals surface area contributed by atoms with Crippen molar-refractivity contribution >= 4 is 11.3 Å². The summed E-state index contributed by atoms with van der Waals surface area (Å²) in [6.45, 7) is 0. The van der Waals surface area contributed by atoms with Crippen molar-refractivity contribution in [3.8, 4) is 5.75 Å². The summed E-state index contributed by atoms with van der Waals surface area (Å²) < 4.78 is 43.1. The molecule has 2 aromatic rings. The van der Waals surface area contributed by atoms with Gasteiger partial charge in [0, 0.05) is 16.6 Å². The van der Waals surface area contributed by atoms with Crippen LogP contribution in [0.15, 0.2) is 30.5 Å². The Morgan fingerprint density at radius 2 is 2.00 bits per heavy atom. The number of nitrogens with zero attached hydrogens (tertiary/aromatic N) is 1. The molecule has 1 atom stereocenters. The van der Waals surface area contributed by atoms with Crippen LogP contribution >= 0.6 is 11.3 Å². The molecule has 1 aromatic heterocycles. The van der Waals surface area contributed by atoms with Gasteiger partial charge in [-0.2, -0.15) is 13.2 Å². The summed E-state index contributed by atoms with van der Waals surface area (Å²) >= 11 is 0.632.